The van der Waals surface area contributed by atoms with E-state index in [1.165, 1.54) is 24.8 Å². The van der Waals surface area contributed by atoms with Gasteiger partial charge < -0.3 is 4.42 Å². The Morgan fingerprint density at radius 1 is 1.00 bits per heavy atom. The summed E-state index contributed by atoms with van der Waals surface area (Å²) in [7, 11) is 0. The average molecular weight is 375 g/mol. The molecule has 0 aliphatic heterocycles. The maximum absolute atomic E-state index is 9.26. The Morgan fingerprint density at radius 3 is 2.56 bits per heavy atom. The van der Waals surface area contributed by atoms with Gasteiger partial charge in [-0.1, -0.05) is 73.5 Å². The van der Waals surface area contributed by atoms with Crippen LogP contribution in [0.3, 0.4) is 0 Å². The van der Waals surface area contributed by atoms with E-state index >= 15 is 0 Å². The topological polar surface area (TPSA) is 62.7 Å². The standard InChI is InChI=1S/C22H21N3OS/c23-14-19-8-4-5-9-20(19)17-12-10-16(11-13-17)15-27-22-25-24-21(26-22)18-6-2-1-3-7-18/h4-5,8-13,18H,1-3,6-7,15H2. The fourth-order valence-electron chi connectivity index (χ4n) is 3.55. The molecule has 27 heavy (non-hydrogen) atoms. The Labute approximate surface area is 163 Å². The van der Waals surface area contributed by atoms with Crippen molar-refractivity contribution in [2.45, 2.75) is 49.0 Å². The van der Waals surface area contributed by atoms with Crippen molar-refractivity contribution < 1.29 is 4.42 Å². The fraction of sp³-hybridized carbons (Fsp3) is 0.318. The van der Waals surface area contributed by atoms with E-state index in [4.69, 9.17) is 4.42 Å². The maximum atomic E-state index is 9.26. The van der Waals surface area contributed by atoms with Crippen molar-refractivity contribution in [3.63, 3.8) is 0 Å². The highest BCUT2D eigenvalue weighted by molar-refractivity contribution is 7.98. The van der Waals surface area contributed by atoms with Gasteiger partial charge in [-0.15, -0.1) is 10.2 Å². The predicted octanol–water partition coefficient (Wildman–Crippen LogP) is 5.95. The smallest absolute Gasteiger partial charge is 0.276 e. The Balaban J connectivity index is 1.39. The first-order chi connectivity index (χ1) is 13.3. The zero-order valence-electron chi connectivity index (χ0n) is 15.1. The molecule has 1 aliphatic carbocycles. The van der Waals surface area contributed by atoms with Crippen LogP contribution in [-0.2, 0) is 5.75 Å². The molecule has 4 rings (SSSR count). The molecule has 4 nitrogen and oxygen atoms in total. The third-order valence-electron chi connectivity index (χ3n) is 5.05. The molecule has 1 saturated carbocycles. The lowest BCUT2D eigenvalue weighted by atomic mass is 9.89. The van der Waals surface area contributed by atoms with E-state index in [9.17, 15) is 5.26 Å². The summed E-state index contributed by atoms with van der Waals surface area (Å²) in [6.45, 7) is 0. The van der Waals surface area contributed by atoms with Crippen molar-refractivity contribution in [3.8, 4) is 17.2 Å². The second-order valence-corrected chi connectivity index (χ2v) is 7.81. The Morgan fingerprint density at radius 2 is 1.78 bits per heavy atom. The summed E-state index contributed by atoms with van der Waals surface area (Å²) in [6.07, 6.45) is 6.17. The molecule has 1 aliphatic rings. The van der Waals surface area contributed by atoms with Gasteiger partial charge in [0.2, 0.25) is 5.89 Å². The molecule has 0 amide bonds. The quantitative estimate of drug-likeness (QED) is 0.516. The molecule has 1 fully saturated rings. The highest BCUT2D eigenvalue weighted by Gasteiger charge is 2.21. The van der Waals surface area contributed by atoms with Crippen molar-refractivity contribution in [2.24, 2.45) is 0 Å². The Hall–Kier alpha value is -2.58. The summed E-state index contributed by atoms with van der Waals surface area (Å²) in [5, 5.41) is 18.4. The first kappa shape index (κ1) is 17.8. The minimum atomic E-state index is 0.445. The van der Waals surface area contributed by atoms with Gasteiger partial charge in [-0.3, -0.25) is 0 Å². The van der Waals surface area contributed by atoms with Gasteiger partial charge in [-0.05, 0) is 35.6 Å². The van der Waals surface area contributed by atoms with Gasteiger partial charge >= 0.3 is 0 Å². The highest BCUT2D eigenvalue weighted by atomic mass is 32.2. The highest BCUT2D eigenvalue weighted by Crippen LogP contribution is 2.33. The van der Waals surface area contributed by atoms with Gasteiger partial charge in [0.25, 0.3) is 5.22 Å². The number of nitriles is 1. The first-order valence-corrected chi connectivity index (χ1v) is 10.4. The van der Waals surface area contributed by atoms with Crippen LogP contribution in [0.1, 0.15) is 55.0 Å². The summed E-state index contributed by atoms with van der Waals surface area (Å²) >= 11 is 1.58. The third kappa shape index (κ3) is 4.23. The molecule has 2 aromatic carbocycles. The van der Waals surface area contributed by atoms with Gasteiger partial charge in [-0.2, -0.15) is 5.26 Å². The van der Waals surface area contributed by atoms with Crippen molar-refractivity contribution >= 4 is 11.8 Å². The van der Waals surface area contributed by atoms with E-state index in [0.717, 1.165) is 35.6 Å². The lowest BCUT2D eigenvalue weighted by Gasteiger charge is -2.17. The molecular formula is C22H21N3OS. The number of nitrogens with zero attached hydrogens (tertiary/aromatic N) is 3. The molecule has 0 atom stereocenters. The molecular weight excluding hydrogens is 354 g/mol. The zero-order valence-corrected chi connectivity index (χ0v) is 15.9. The second kappa shape index (κ2) is 8.41. The van der Waals surface area contributed by atoms with Gasteiger partial charge in [0, 0.05) is 11.7 Å². The molecule has 0 radical (unpaired) electrons. The van der Waals surface area contributed by atoms with Crippen molar-refractivity contribution in [2.75, 3.05) is 0 Å². The average Bonchev–Trinajstić information content (AvgIpc) is 3.22. The van der Waals surface area contributed by atoms with Crippen LogP contribution in [-0.4, -0.2) is 10.2 Å². The number of benzene rings is 2. The van der Waals surface area contributed by atoms with E-state index in [0.29, 0.717) is 16.7 Å². The molecule has 136 valence electrons. The van der Waals surface area contributed by atoms with Crippen LogP contribution in [0.25, 0.3) is 11.1 Å². The monoisotopic (exact) mass is 375 g/mol. The van der Waals surface area contributed by atoms with E-state index in [1.807, 2.05) is 24.3 Å². The summed E-state index contributed by atoms with van der Waals surface area (Å²) in [5.41, 5.74) is 3.91. The van der Waals surface area contributed by atoms with Gasteiger partial charge in [-0.25, -0.2) is 0 Å². The number of hydrogen-bond donors (Lipinski definition) is 0. The second-order valence-electron chi connectivity index (χ2n) is 6.88. The lowest BCUT2D eigenvalue weighted by Crippen LogP contribution is -2.04. The van der Waals surface area contributed by atoms with Crippen LogP contribution < -0.4 is 0 Å². The largest absolute Gasteiger partial charge is 0.416 e. The summed E-state index contributed by atoms with van der Waals surface area (Å²) in [5.74, 6) is 2.03. The lowest BCUT2D eigenvalue weighted by molar-refractivity contribution is 0.334. The predicted molar refractivity (Wildman–Crippen MR) is 106 cm³/mol. The summed E-state index contributed by atoms with van der Waals surface area (Å²) < 4.78 is 5.87. The van der Waals surface area contributed by atoms with E-state index in [1.54, 1.807) is 11.8 Å². The molecule has 0 N–H and O–H groups in total. The summed E-state index contributed by atoms with van der Waals surface area (Å²) in [6, 6.07) is 18.2. The van der Waals surface area contributed by atoms with Gasteiger partial charge in [0.1, 0.15) is 0 Å². The zero-order chi connectivity index (χ0) is 18.5. The van der Waals surface area contributed by atoms with E-state index in [-0.39, 0.29) is 0 Å². The SMILES string of the molecule is N#Cc1ccccc1-c1ccc(CSc2nnc(C3CCCCC3)o2)cc1. The number of aromatic nitrogens is 2. The summed E-state index contributed by atoms with van der Waals surface area (Å²) in [4.78, 5) is 0. The normalized spacial score (nSPS) is 14.8. The minimum absolute atomic E-state index is 0.445. The van der Waals surface area contributed by atoms with Crippen LogP contribution >= 0.6 is 11.8 Å². The van der Waals surface area contributed by atoms with Crippen molar-refractivity contribution in [1.29, 1.82) is 5.26 Å². The molecule has 0 saturated heterocycles. The molecule has 3 aromatic rings. The Kier molecular flexibility index (Phi) is 5.55. The minimum Gasteiger partial charge on any atom is -0.416 e. The molecule has 1 heterocycles. The number of rotatable bonds is 5. The maximum Gasteiger partial charge on any atom is 0.276 e. The molecule has 0 spiro atoms. The fourth-order valence-corrected chi connectivity index (χ4v) is 4.28. The van der Waals surface area contributed by atoms with Crippen LogP contribution in [0.5, 0.6) is 0 Å². The molecule has 1 aromatic heterocycles. The van der Waals surface area contributed by atoms with Crippen LogP contribution in [0, 0.1) is 11.3 Å². The van der Waals surface area contributed by atoms with Gasteiger partial charge in [0.15, 0.2) is 0 Å². The van der Waals surface area contributed by atoms with E-state index < -0.39 is 0 Å². The van der Waals surface area contributed by atoms with Gasteiger partial charge in [0.05, 0.1) is 11.6 Å². The van der Waals surface area contributed by atoms with Crippen LogP contribution in [0.2, 0.25) is 0 Å². The van der Waals surface area contributed by atoms with E-state index in [2.05, 4.69) is 40.5 Å². The number of hydrogen-bond acceptors (Lipinski definition) is 5. The van der Waals surface area contributed by atoms with Crippen molar-refractivity contribution in [3.05, 3.63) is 65.5 Å². The van der Waals surface area contributed by atoms with Crippen molar-refractivity contribution in [1.82, 2.24) is 10.2 Å². The molecule has 0 unspecified atom stereocenters. The van der Waals surface area contributed by atoms with Crippen LogP contribution in [0.15, 0.2) is 58.2 Å². The number of thioether (sulfide) groups is 1. The third-order valence-corrected chi connectivity index (χ3v) is 5.94. The molecule has 5 heteroatoms. The molecule has 0 bridgehead atoms. The Bertz CT molecular complexity index is 937. The first-order valence-electron chi connectivity index (χ1n) is 9.38. The van der Waals surface area contributed by atoms with Crippen LogP contribution in [0.4, 0.5) is 0 Å².